The monoisotopic (exact) mass is 276 g/mol. The molecule has 0 radical (unpaired) electrons. The average Bonchev–Trinajstić information content (AvgIpc) is 2.71. The van der Waals surface area contributed by atoms with Crippen LogP contribution in [0, 0.1) is 6.92 Å². The molecule has 106 valence electrons. The van der Waals surface area contributed by atoms with Gasteiger partial charge in [0.25, 0.3) is 5.91 Å². The van der Waals surface area contributed by atoms with Crippen LogP contribution in [0.25, 0.3) is 11.0 Å². The summed E-state index contributed by atoms with van der Waals surface area (Å²) in [6, 6.07) is 0.797. The van der Waals surface area contributed by atoms with Crippen LogP contribution in [0.1, 0.15) is 23.0 Å². The Morgan fingerprint density at radius 2 is 2.10 bits per heavy atom. The van der Waals surface area contributed by atoms with Crippen molar-refractivity contribution in [2.24, 2.45) is 7.05 Å². The number of likely N-dealkylation sites (N-methyl/N-ethyl adjacent to an activating group) is 1. The predicted molar refractivity (Wildman–Crippen MR) is 72.4 cm³/mol. The van der Waals surface area contributed by atoms with Gasteiger partial charge in [0.1, 0.15) is 6.04 Å². The van der Waals surface area contributed by atoms with Gasteiger partial charge in [-0.2, -0.15) is 5.10 Å². The number of carbonyl (C=O) groups excluding carboxylic acids is 1. The van der Waals surface area contributed by atoms with E-state index < -0.39 is 12.0 Å². The fourth-order valence-electron chi connectivity index (χ4n) is 1.97. The lowest BCUT2D eigenvalue weighted by molar-refractivity contribution is -0.141. The van der Waals surface area contributed by atoms with Crippen molar-refractivity contribution < 1.29 is 14.7 Å². The quantitative estimate of drug-likeness (QED) is 0.896. The molecule has 1 atom stereocenters. The second-order valence-electron chi connectivity index (χ2n) is 4.73. The normalized spacial score (nSPS) is 12.4. The molecule has 0 saturated carbocycles. The molecular weight excluding hydrogens is 260 g/mol. The van der Waals surface area contributed by atoms with E-state index in [0.717, 1.165) is 11.1 Å². The van der Waals surface area contributed by atoms with Crippen molar-refractivity contribution in [1.82, 2.24) is 19.7 Å². The highest BCUT2D eigenvalue weighted by Gasteiger charge is 2.23. The van der Waals surface area contributed by atoms with Crippen LogP contribution in [0.15, 0.2) is 12.3 Å². The van der Waals surface area contributed by atoms with E-state index in [2.05, 4.69) is 10.1 Å². The molecule has 0 saturated heterocycles. The third kappa shape index (κ3) is 2.22. The van der Waals surface area contributed by atoms with Crippen molar-refractivity contribution in [3.8, 4) is 0 Å². The Hall–Kier alpha value is -2.44. The molecule has 7 nitrogen and oxygen atoms in total. The van der Waals surface area contributed by atoms with Crippen molar-refractivity contribution in [2.45, 2.75) is 19.9 Å². The van der Waals surface area contributed by atoms with Gasteiger partial charge in [-0.3, -0.25) is 9.48 Å². The van der Waals surface area contributed by atoms with Crippen LogP contribution in [0.3, 0.4) is 0 Å². The zero-order valence-corrected chi connectivity index (χ0v) is 11.8. The minimum absolute atomic E-state index is 0.351. The topological polar surface area (TPSA) is 88.3 Å². The fraction of sp³-hybridized carbons (Fsp3) is 0.385. The number of nitrogens with zero attached hydrogens (tertiary/aromatic N) is 4. The van der Waals surface area contributed by atoms with Crippen LogP contribution in [0.4, 0.5) is 0 Å². The smallest absolute Gasteiger partial charge is 0.326 e. The highest BCUT2D eigenvalue weighted by Crippen LogP contribution is 2.17. The maximum atomic E-state index is 12.2. The van der Waals surface area contributed by atoms with Gasteiger partial charge in [0.15, 0.2) is 5.65 Å². The van der Waals surface area contributed by atoms with Crippen molar-refractivity contribution in [1.29, 1.82) is 0 Å². The summed E-state index contributed by atoms with van der Waals surface area (Å²) in [6.45, 7) is 3.30. The van der Waals surface area contributed by atoms with Gasteiger partial charge in [-0.15, -0.1) is 0 Å². The maximum absolute atomic E-state index is 12.2. The molecule has 0 spiro atoms. The standard InChI is InChI=1S/C13H16N4O3/c1-7-10-5-9(6-14-11(10)17(4)15-7)12(18)16(3)8(2)13(19)20/h5-6,8H,1-4H3,(H,19,20). The molecule has 20 heavy (non-hydrogen) atoms. The van der Waals surface area contributed by atoms with Crippen LogP contribution in [0.5, 0.6) is 0 Å². The lowest BCUT2D eigenvalue weighted by Crippen LogP contribution is -2.40. The van der Waals surface area contributed by atoms with E-state index in [9.17, 15) is 9.59 Å². The predicted octanol–water partition coefficient (Wildman–Crippen LogP) is 0.822. The molecule has 2 heterocycles. The Morgan fingerprint density at radius 3 is 2.70 bits per heavy atom. The Bertz CT molecular complexity index is 692. The maximum Gasteiger partial charge on any atom is 0.326 e. The van der Waals surface area contributed by atoms with Gasteiger partial charge >= 0.3 is 5.97 Å². The number of aryl methyl sites for hydroxylation is 2. The molecule has 7 heteroatoms. The third-order valence-electron chi connectivity index (χ3n) is 3.37. The van der Waals surface area contributed by atoms with E-state index in [1.54, 1.807) is 17.8 Å². The zero-order chi connectivity index (χ0) is 15.0. The largest absolute Gasteiger partial charge is 0.480 e. The average molecular weight is 276 g/mol. The molecule has 0 bridgehead atoms. The van der Waals surface area contributed by atoms with Crippen molar-refractivity contribution in [2.75, 3.05) is 7.05 Å². The molecule has 1 unspecified atom stereocenters. The summed E-state index contributed by atoms with van der Waals surface area (Å²) in [6.07, 6.45) is 1.44. The number of carboxylic acids is 1. The Kier molecular flexibility index (Phi) is 3.44. The van der Waals surface area contributed by atoms with Crippen LogP contribution in [-0.4, -0.2) is 49.7 Å². The van der Waals surface area contributed by atoms with Gasteiger partial charge in [0.2, 0.25) is 0 Å². The van der Waals surface area contributed by atoms with Gasteiger partial charge in [-0.05, 0) is 19.9 Å². The summed E-state index contributed by atoms with van der Waals surface area (Å²) < 4.78 is 1.64. The van der Waals surface area contributed by atoms with Crippen LogP contribution in [0.2, 0.25) is 0 Å². The number of aliphatic carboxylic acids is 1. The van der Waals surface area contributed by atoms with Crippen LogP contribution < -0.4 is 0 Å². The molecular formula is C13H16N4O3. The summed E-state index contributed by atoms with van der Waals surface area (Å²) in [4.78, 5) is 28.6. The number of amides is 1. The van der Waals surface area contributed by atoms with Gasteiger partial charge in [0, 0.05) is 25.7 Å². The van der Waals surface area contributed by atoms with E-state index in [1.807, 2.05) is 6.92 Å². The van der Waals surface area contributed by atoms with Crippen molar-refractivity contribution in [3.05, 3.63) is 23.5 Å². The van der Waals surface area contributed by atoms with E-state index in [1.165, 1.54) is 25.1 Å². The first kappa shape index (κ1) is 14.0. The fourth-order valence-corrected chi connectivity index (χ4v) is 1.97. The second kappa shape index (κ2) is 4.92. The summed E-state index contributed by atoms with van der Waals surface area (Å²) in [5, 5.41) is 14.0. The summed E-state index contributed by atoms with van der Waals surface area (Å²) in [7, 11) is 3.24. The number of hydrogen-bond donors (Lipinski definition) is 1. The number of rotatable bonds is 3. The molecule has 1 N–H and O–H groups in total. The first-order valence-electron chi connectivity index (χ1n) is 6.12. The van der Waals surface area contributed by atoms with E-state index >= 15 is 0 Å². The lowest BCUT2D eigenvalue weighted by Gasteiger charge is -2.21. The summed E-state index contributed by atoms with van der Waals surface area (Å²) >= 11 is 0. The molecule has 0 aromatic carbocycles. The number of carbonyl (C=O) groups is 2. The lowest BCUT2D eigenvalue weighted by atomic mass is 10.1. The molecule has 0 aliphatic heterocycles. The third-order valence-corrected chi connectivity index (χ3v) is 3.37. The number of carboxylic acid groups (broad SMARTS) is 1. The van der Waals surface area contributed by atoms with E-state index in [0.29, 0.717) is 11.2 Å². The first-order chi connectivity index (χ1) is 9.32. The Morgan fingerprint density at radius 1 is 1.45 bits per heavy atom. The van der Waals surface area contributed by atoms with Crippen LogP contribution in [-0.2, 0) is 11.8 Å². The summed E-state index contributed by atoms with van der Waals surface area (Å²) in [5.74, 6) is -1.43. The highest BCUT2D eigenvalue weighted by atomic mass is 16.4. The molecule has 1 amide bonds. The molecule has 0 fully saturated rings. The molecule has 2 rings (SSSR count). The zero-order valence-electron chi connectivity index (χ0n) is 11.8. The van der Waals surface area contributed by atoms with Gasteiger partial charge in [0.05, 0.1) is 11.3 Å². The molecule has 2 aromatic rings. The van der Waals surface area contributed by atoms with Gasteiger partial charge in [-0.25, -0.2) is 9.78 Å². The minimum atomic E-state index is -1.05. The SMILES string of the molecule is Cc1nn(C)c2ncc(C(=O)N(C)C(C)C(=O)O)cc12. The second-order valence-corrected chi connectivity index (χ2v) is 4.73. The van der Waals surface area contributed by atoms with Gasteiger partial charge < -0.3 is 10.0 Å². The van der Waals surface area contributed by atoms with Gasteiger partial charge in [-0.1, -0.05) is 0 Å². The summed E-state index contributed by atoms with van der Waals surface area (Å²) in [5.41, 5.74) is 1.82. The molecule has 2 aromatic heterocycles. The minimum Gasteiger partial charge on any atom is -0.480 e. The van der Waals surface area contributed by atoms with Crippen LogP contribution >= 0.6 is 0 Å². The molecule has 0 aliphatic rings. The number of pyridine rings is 1. The highest BCUT2D eigenvalue weighted by molar-refractivity contribution is 5.98. The number of hydrogen-bond acceptors (Lipinski definition) is 4. The Labute approximate surface area is 115 Å². The van der Waals surface area contributed by atoms with E-state index in [-0.39, 0.29) is 5.91 Å². The Balaban J connectivity index is 2.40. The number of fused-ring (bicyclic) bond motifs is 1. The van der Waals surface area contributed by atoms with E-state index in [4.69, 9.17) is 5.11 Å². The van der Waals surface area contributed by atoms with Crippen molar-refractivity contribution in [3.63, 3.8) is 0 Å². The number of aromatic nitrogens is 3. The van der Waals surface area contributed by atoms with Crippen molar-refractivity contribution >= 4 is 22.9 Å². The first-order valence-corrected chi connectivity index (χ1v) is 6.12. The molecule has 0 aliphatic carbocycles.